The molecule has 3 aliphatic heterocycles. The lowest BCUT2D eigenvalue weighted by Gasteiger charge is -2.32. The lowest BCUT2D eigenvalue weighted by molar-refractivity contribution is -0.139. The van der Waals surface area contributed by atoms with E-state index in [0.717, 1.165) is 42.6 Å². The molecular formula is C28H37N5O4S2. The highest BCUT2D eigenvalue weighted by molar-refractivity contribution is 7.99. The van der Waals surface area contributed by atoms with Crippen molar-refractivity contribution in [3.05, 3.63) is 35.2 Å². The van der Waals surface area contributed by atoms with E-state index >= 15 is 0 Å². The van der Waals surface area contributed by atoms with E-state index in [1.54, 1.807) is 40.1 Å². The van der Waals surface area contributed by atoms with E-state index in [1.165, 1.54) is 0 Å². The summed E-state index contributed by atoms with van der Waals surface area (Å²) in [5.74, 6) is -0.665. The normalized spacial score (nSPS) is 25.0. The zero-order valence-electron chi connectivity index (χ0n) is 23.0. The fourth-order valence-electron chi connectivity index (χ4n) is 5.47. The molecule has 0 aliphatic carbocycles. The summed E-state index contributed by atoms with van der Waals surface area (Å²) in [7, 11) is 2.14. The number of ether oxygens (including phenoxy) is 1. The first kappa shape index (κ1) is 28.1. The second kappa shape index (κ2) is 12.0. The van der Waals surface area contributed by atoms with Crippen molar-refractivity contribution in [3.8, 4) is 11.3 Å². The molecule has 1 N–H and O–H groups in total. The second-order valence-corrected chi connectivity index (χ2v) is 12.6. The molecule has 9 nitrogen and oxygen atoms in total. The summed E-state index contributed by atoms with van der Waals surface area (Å²) < 4.78 is 5.72. The van der Waals surface area contributed by atoms with Crippen molar-refractivity contribution >= 4 is 45.8 Å². The van der Waals surface area contributed by atoms with Crippen LogP contribution in [0.4, 0.5) is 5.13 Å². The Kier molecular flexibility index (Phi) is 8.60. The third-order valence-corrected chi connectivity index (χ3v) is 10.1. The number of likely N-dealkylation sites (N-methyl/N-ethyl adjacent to an activating group) is 1. The SMILES string of the molecule is CC[C@H](C)[C@H](NC(=O)c1ccc(-c2csc(N3CCN(C)CC3)n2)cc1)C(=O)N1C[C@H](SC)[C@@H]2OCC(=O)[C@H]21. The number of nitrogens with one attached hydrogen (secondary N) is 1. The van der Waals surface area contributed by atoms with Crippen LogP contribution in [0.2, 0.25) is 0 Å². The predicted molar refractivity (Wildman–Crippen MR) is 156 cm³/mol. The number of piperazine rings is 1. The molecular weight excluding hydrogens is 534 g/mol. The van der Waals surface area contributed by atoms with Crippen molar-refractivity contribution in [2.24, 2.45) is 5.92 Å². The van der Waals surface area contributed by atoms with Gasteiger partial charge >= 0.3 is 0 Å². The van der Waals surface area contributed by atoms with Crippen LogP contribution in [0.1, 0.15) is 30.6 Å². The van der Waals surface area contributed by atoms with Gasteiger partial charge < -0.3 is 24.8 Å². The average Bonchev–Trinajstić information content (AvgIpc) is 3.68. The van der Waals surface area contributed by atoms with Gasteiger partial charge in [-0.25, -0.2) is 4.98 Å². The number of anilines is 1. The zero-order valence-corrected chi connectivity index (χ0v) is 24.6. The van der Waals surface area contributed by atoms with Gasteiger partial charge in [0.05, 0.1) is 17.0 Å². The number of likely N-dealkylation sites (tertiary alicyclic amines) is 1. The minimum Gasteiger partial charge on any atom is -0.367 e. The smallest absolute Gasteiger partial charge is 0.251 e. The topological polar surface area (TPSA) is 95.1 Å². The Labute approximate surface area is 238 Å². The van der Waals surface area contributed by atoms with Crippen molar-refractivity contribution in [1.29, 1.82) is 0 Å². The van der Waals surface area contributed by atoms with E-state index in [-0.39, 0.29) is 41.5 Å². The molecule has 0 spiro atoms. The Morgan fingerprint density at radius 2 is 1.92 bits per heavy atom. The summed E-state index contributed by atoms with van der Waals surface area (Å²) in [5.41, 5.74) is 2.32. The summed E-state index contributed by atoms with van der Waals surface area (Å²) in [6.07, 6.45) is 2.41. The number of carbonyl (C=O) groups excluding carboxylic acids is 3. The van der Waals surface area contributed by atoms with Gasteiger partial charge in [0.1, 0.15) is 18.7 Å². The Morgan fingerprint density at radius 1 is 1.21 bits per heavy atom. The molecule has 2 aromatic rings. The van der Waals surface area contributed by atoms with Gasteiger partial charge in [-0.3, -0.25) is 14.4 Å². The minimum absolute atomic E-state index is 0.0404. The lowest BCUT2D eigenvalue weighted by atomic mass is 9.96. The van der Waals surface area contributed by atoms with Crippen LogP contribution in [0.5, 0.6) is 0 Å². The summed E-state index contributed by atoms with van der Waals surface area (Å²) in [4.78, 5) is 50.7. The number of Topliss-reactive ketones (excluding diaryl/α,β-unsaturated/α-hetero) is 1. The summed E-state index contributed by atoms with van der Waals surface area (Å²) >= 11 is 3.25. The van der Waals surface area contributed by atoms with Gasteiger partial charge in [0.2, 0.25) is 5.91 Å². The quantitative estimate of drug-likeness (QED) is 0.517. The number of fused-ring (bicyclic) bond motifs is 1. The van der Waals surface area contributed by atoms with Crippen LogP contribution in [0.25, 0.3) is 11.3 Å². The molecule has 11 heteroatoms. The molecule has 0 saturated carbocycles. The first-order valence-corrected chi connectivity index (χ1v) is 15.7. The fourth-order valence-corrected chi connectivity index (χ4v) is 7.16. The maximum Gasteiger partial charge on any atom is 0.251 e. The van der Waals surface area contributed by atoms with Crippen molar-refractivity contribution in [3.63, 3.8) is 0 Å². The number of rotatable bonds is 8. The van der Waals surface area contributed by atoms with Gasteiger partial charge in [0, 0.05) is 49.2 Å². The van der Waals surface area contributed by atoms with Crippen molar-refractivity contribution in [1.82, 2.24) is 20.1 Å². The molecule has 3 aliphatic rings. The van der Waals surface area contributed by atoms with Crippen LogP contribution in [0, 0.1) is 5.92 Å². The molecule has 5 rings (SSSR count). The number of thiazole rings is 1. The number of amides is 2. The van der Waals surface area contributed by atoms with E-state index in [2.05, 4.69) is 27.5 Å². The highest BCUT2D eigenvalue weighted by Gasteiger charge is 2.53. The van der Waals surface area contributed by atoms with E-state index in [1.807, 2.05) is 32.2 Å². The van der Waals surface area contributed by atoms with Gasteiger partial charge in [-0.05, 0) is 31.4 Å². The van der Waals surface area contributed by atoms with Gasteiger partial charge in [0.15, 0.2) is 10.9 Å². The second-order valence-electron chi connectivity index (χ2n) is 10.7. The molecule has 1 aromatic carbocycles. The number of aromatic nitrogens is 1. The Hall–Kier alpha value is -2.47. The van der Waals surface area contributed by atoms with Crippen LogP contribution in [0.15, 0.2) is 29.6 Å². The van der Waals surface area contributed by atoms with Gasteiger partial charge in [-0.15, -0.1) is 11.3 Å². The minimum atomic E-state index is -0.721. The third-order valence-electron chi connectivity index (χ3n) is 8.20. The molecule has 3 fully saturated rings. The highest BCUT2D eigenvalue weighted by atomic mass is 32.2. The molecule has 0 radical (unpaired) electrons. The number of thioether (sulfide) groups is 1. The number of benzene rings is 1. The molecule has 1 aromatic heterocycles. The van der Waals surface area contributed by atoms with E-state index < -0.39 is 12.1 Å². The van der Waals surface area contributed by atoms with Gasteiger partial charge in [-0.1, -0.05) is 32.4 Å². The Balaban J connectivity index is 1.27. The summed E-state index contributed by atoms with van der Waals surface area (Å²) in [6.45, 7) is 8.44. The van der Waals surface area contributed by atoms with Crippen LogP contribution in [-0.2, 0) is 14.3 Å². The van der Waals surface area contributed by atoms with Gasteiger partial charge in [0.25, 0.3) is 5.91 Å². The highest BCUT2D eigenvalue weighted by Crippen LogP contribution is 2.34. The van der Waals surface area contributed by atoms with Crippen LogP contribution in [0.3, 0.4) is 0 Å². The molecule has 0 unspecified atom stereocenters. The third kappa shape index (κ3) is 5.73. The van der Waals surface area contributed by atoms with Crippen molar-refractivity contribution in [2.45, 2.75) is 43.7 Å². The number of carbonyl (C=O) groups is 3. The number of hydrogen-bond donors (Lipinski definition) is 1. The van der Waals surface area contributed by atoms with Gasteiger partial charge in [-0.2, -0.15) is 11.8 Å². The van der Waals surface area contributed by atoms with E-state index in [9.17, 15) is 14.4 Å². The van der Waals surface area contributed by atoms with E-state index in [4.69, 9.17) is 9.72 Å². The number of ketones is 1. The summed E-state index contributed by atoms with van der Waals surface area (Å²) in [6, 6.07) is 6.08. The Bertz CT molecular complexity index is 1200. The predicted octanol–water partition coefficient (Wildman–Crippen LogP) is 2.62. The van der Waals surface area contributed by atoms with E-state index in [0.29, 0.717) is 18.5 Å². The molecule has 3 saturated heterocycles. The first-order valence-electron chi connectivity index (χ1n) is 13.6. The number of nitrogens with zero attached hydrogens (tertiary/aromatic N) is 4. The maximum absolute atomic E-state index is 13.7. The molecule has 2 amide bonds. The molecule has 39 heavy (non-hydrogen) atoms. The largest absolute Gasteiger partial charge is 0.367 e. The lowest BCUT2D eigenvalue weighted by Crippen LogP contribution is -2.54. The molecule has 4 heterocycles. The van der Waals surface area contributed by atoms with Crippen molar-refractivity contribution < 1.29 is 19.1 Å². The van der Waals surface area contributed by atoms with Crippen LogP contribution in [-0.4, -0.2) is 108 Å². The standard InChI is InChI=1S/C28H37N5O4S2/c1-5-17(2)23(27(36)33-14-22(38-4)25-24(33)21(34)15-37-25)30-26(35)19-8-6-18(7-9-19)20-16-39-28(29-20)32-12-10-31(3)11-13-32/h6-9,16-17,22-25H,5,10-15H2,1-4H3,(H,30,35)/t17-,22-,23-,24+,25-/m0/s1. The molecule has 210 valence electrons. The maximum atomic E-state index is 13.7. The van der Waals surface area contributed by atoms with Crippen LogP contribution >= 0.6 is 23.1 Å². The number of hydrogen-bond acceptors (Lipinski definition) is 9. The monoisotopic (exact) mass is 571 g/mol. The zero-order chi connectivity index (χ0) is 27.7. The molecule has 5 atom stereocenters. The van der Waals surface area contributed by atoms with Crippen LogP contribution < -0.4 is 10.2 Å². The summed E-state index contributed by atoms with van der Waals surface area (Å²) in [5, 5.41) is 6.11. The average molecular weight is 572 g/mol. The Morgan fingerprint density at radius 3 is 2.59 bits per heavy atom. The first-order chi connectivity index (χ1) is 18.8. The fraction of sp³-hybridized carbons (Fsp3) is 0.571. The van der Waals surface area contributed by atoms with Crippen molar-refractivity contribution in [2.75, 3.05) is 57.5 Å². The molecule has 0 bridgehead atoms.